The van der Waals surface area contributed by atoms with E-state index in [0.29, 0.717) is 68.5 Å². The predicted molar refractivity (Wildman–Crippen MR) is 261 cm³/mol. The summed E-state index contributed by atoms with van der Waals surface area (Å²) in [6.07, 6.45) is 19.1. The summed E-state index contributed by atoms with van der Waals surface area (Å²) in [5.74, 6) is 0.724. The lowest BCUT2D eigenvalue weighted by atomic mass is 9.33. The molecule has 5 fully saturated rings. The number of aliphatic carboxylic acids is 1. The smallest absolute Gasteiger partial charge is 0.312 e. The molecule has 0 aromatic rings. The third-order valence-corrected chi connectivity index (χ3v) is 24.6. The Bertz CT molecular complexity index is 2260. The van der Waals surface area contributed by atoms with Gasteiger partial charge >= 0.3 is 5.97 Å². The minimum atomic E-state index is -3.13. The Morgan fingerprint density at radius 1 is 0.833 bits per heavy atom. The zero-order valence-corrected chi connectivity index (χ0v) is 43.7. The molecule has 2 heterocycles. The molecule has 0 spiro atoms. The Morgan fingerprint density at radius 2 is 1.48 bits per heavy atom. The lowest BCUT2D eigenvalue weighted by molar-refractivity contribution is -0.930. The molecule has 66 heavy (non-hydrogen) atoms. The predicted octanol–water partition coefficient (Wildman–Crippen LogP) is 8.53. The van der Waals surface area contributed by atoms with Gasteiger partial charge in [0, 0.05) is 50.4 Å². The fourth-order valence-corrected chi connectivity index (χ4v) is 19.2. The van der Waals surface area contributed by atoms with Crippen molar-refractivity contribution in [1.29, 1.82) is 0 Å². The number of carboxylic acids is 1. The number of Topliss-reactive ketones (excluding diaryl/α,β-unsaturated/α-hetero) is 1. The van der Waals surface area contributed by atoms with Crippen LogP contribution in [0.2, 0.25) is 0 Å². The minimum Gasteiger partial charge on any atom is -0.481 e. The van der Waals surface area contributed by atoms with E-state index < -0.39 is 37.7 Å². The van der Waals surface area contributed by atoms with Gasteiger partial charge in [-0.15, -0.1) is 0 Å². The number of allylic oxidation sites excluding steroid dienone is 5. The fraction of sp³-hybridized carbons (Fsp3) is 0.849. The van der Waals surface area contributed by atoms with Gasteiger partial charge in [-0.2, -0.15) is 0 Å². The van der Waals surface area contributed by atoms with Crippen LogP contribution in [-0.4, -0.2) is 131 Å². The summed E-state index contributed by atoms with van der Waals surface area (Å²) >= 11 is 0. The number of hydrogen-bond acceptors (Lipinski definition) is 8. The van der Waals surface area contributed by atoms with E-state index in [-0.39, 0.29) is 50.0 Å². The van der Waals surface area contributed by atoms with E-state index in [2.05, 4.69) is 70.8 Å². The summed E-state index contributed by atoms with van der Waals surface area (Å²) in [6, 6.07) is 0. The zero-order chi connectivity index (χ0) is 48.1. The molecule has 0 amide bonds. The molecule has 8 rings (SSSR count). The van der Waals surface area contributed by atoms with E-state index >= 15 is 0 Å². The first kappa shape index (κ1) is 50.5. The molecular formula is C53H85FN3O7S2+. The monoisotopic (exact) mass is 959 g/mol. The number of alkyl halides is 1. The van der Waals surface area contributed by atoms with Gasteiger partial charge in [0.2, 0.25) is 0 Å². The molecule has 2 aliphatic heterocycles. The van der Waals surface area contributed by atoms with Crippen LogP contribution in [0.5, 0.6) is 0 Å². The van der Waals surface area contributed by atoms with Gasteiger partial charge < -0.3 is 14.9 Å². The summed E-state index contributed by atoms with van der Waals surface area (Å²) in [5.41, 5.74) is 3.50. The number of carbonyl (C=O) groups excluding carboxylic acids is 1. The maximum absolute atomic E-state index is 14.4. The zero-order valence-electron chi connectivity index (χ0n) is 42.1. The van der Waals surface area contributed by atoms with Crippen LogP contribution >= 0.6 is 0 Å². The van der Waals surface area contributed by atoms with E-state index in [1.807, 2.05) is 0 Å². The highest BCUT2D eigenvalue weighted by Gasteiger charge is 2.69. The van der Waals surface area contributed by atoms with E-state index in [9.17, 15) is 35.9 Å². The third kappa shape index (κ3) is 8.29. The van der Waals surface area contributed by atoms with Crippen molar-refractivity contribution in [3.05, 3.63) is 34.4 Å². The van der Waals surface area contributed by atoms with Crippen molar-refractivity contribution in [2.24, 2.45) is 50.7 Å². The number of carbonyl (C=O) groups is 2. The standard InChI is InChI=1S/C53H84FN3O7S2/c1-36(2)45-42(58)34-53(55-26-32-57(30-18-39(19-31-57)66(9,63)64)33-29-56-27-16-38(17-28-56)65(8,61)62)25-24-50(6)41(46(45)53)10-11-44-49(5)20-14-40(48(3,4)43(49)15-21-51(44,50)7)37-12-22-52(35-54,23-13-37)47(59)60/h12,14,36,38-39,41,43-44,55H,10-11,13,15-35H2,1-9H3/p+1/t39?,41-,43+,44-,49+,50-,51-,52?,53-,57?/m1/s1. The number of likely N-dealkylation sites (tertiary alicyclic amines) is 2. The molecule has 2 N–H and O–H groups in total. The van der Waals surface area contributed by atoms with Gasteiger partial charge in [0.1, 0.15) is 16.5 Å². The van der Waals surface area contributed by atoms with Gasteiger partial charge in [-0.3, -0.25) is 14.5 Å². The number of nitrogens with zero attached hydrogens (tertiary/aromatic N) is 2. The molecule has 0 aromatic heterocycles. The number of piperidine rings is 2. The summed E-state index contributed by atoms with van der Waals surface area (Å²) in [7, 11) is -6.19. The molecule has 1 unspecified atom stereocenters. The maximum atomic E-state index is 14.4. The molecular weight excluding hydrogens is 874 g/mol. The molecule has 8 atom stereocenters. The number of quaternary nitrogens is 1. The topological polar surface area (TPSA) is 138 Å². The van der Waals surface area contributed by atoms with Crippen LogP contribution in [0.1, 0.15) is 145 Å². The fourth-order valence-electron chi connectivity index (χ4n) is 17.0. The van der Waals surface area contributed by atoms with Crippen molar-refractivity contribution in [3.8, 4) is 0 Å². The van der Waals surface area contributed by atoms with Gasteiger partial charge in [0.05, 0.1) is 42.1 Å². The van der Waals surface area contributed by atoms with E-state index in [1.54, 1.807) is 0 Å². The van der Waals surface area contributed by atoms with Gasteiger partial charge in [0.15, 0.2) is 15.6 Å². The lowest BCUT2D eigenvalue weighted by Gasteiger charge is -2.71. The van der Waals surface area contributed by atoms with Crippen molar-refractivity contribution in [2.75, 3.05) is 71.5 Å². The van der Waals surface area contributed by atoms with E-state index in [1.165, 1.54) is 29.2 Å². The van der Waals surface area contributed by atoms with Crippen molar-refractivity contribution < 1.29 is 40.4 Å². The molecule has 372 valence electrons. The molecule has 10 nitrogen and oxygen atoms in total. The van der Waals surface area contributed by atoms with Gasteiger partial charge in [-0.05, 0) is 158 Å². The second kappa shape index (κ2) is 17.4. The highest BCUT2D eigenvalue weighted by molar-refractivity contribution is 7.91. The number of carboxylic acid groups (broad SMARTS) is 1. The summed E-state index contributed by atoms with van der Waals surface area (Å²) in [4.78, 5) is 29.0. The molecule has 8 aliphatic rings. The first-order valence-electron chi connectivity index (χ1n) is 25.9. The van der Waals surface area contributed by atoms with Gasteiger partial charge in [-0.25, -0.2) is 21.2 Å². The quantitative estimate of drug-likeness (QED) is 0.174. The van der Waals surface area contributed by atoms with Crippen molar-refractivity contribution in [2.45, 2.75) is 161 Å². The molecule has 6 aliphatic carbocycles. The van der Waals surface area contributed by atoms with Crippen molar-refractivity contribution >= 4 is 31.4 Å². The Labute approximate surface area is 397 Å². The number of sulfone groups is 2. The number of ketones is 1. The summed E-state index contributed by atoms with van der Waals surface area (Å²) in [6.45, 7) is 22.8. The first-order valence-corrected chi connectivity index (χ1v) is 29.8. The Balaban J connectivity index is 1.02. The minimum absolute atomic E-state index is 0.0214. The largest absolute Gasteiger partial charge is 0.481 e. The summed E-state index contributed by atoms with van der Waals surface area (Å²) in [5, 5.41) is 13.5. The van der Waals surface area contributed by atoms with E-state index in [4.69, 9.17) is 0 Å². The molecule has 0 bridgehead atoms. The number of halogens is 1. The molecule has 13 heteroatoms. The van der Waals surface area contributed by atoms with Crippen LogP contribution in [-0.2, 0) is 29.3 Å². The van der Waals surface area contributed by atoms with Crippen LogP contribution in [0.4, 0.5) is 4.39 Å². The average Bonchev–Trinajstić information content (AvgIpc) is 3.54. The third-order valence-electron chi connectivity index (χ3n) is 21.2. The van der Waals surface area contributed by atoms with Crippen molar-refractivity contribution in [1.82, 2.24) is 10.2 Å². The molecule has 0 radical (unpaired) electrons. The van der Waals surface area contributed by atoms with Crippen LogP contribution in [0.3, 0.4) is 0 Å². The second-order valence-electron chi connectivity index (χ2n) is 25.0. The van der Waals surface area contributed by atoms with Gasteiger partial charge in [0.25, 0.3) is 0 Å². The number of rotatable bonds is 13. The van der Waals surface area contributed by atoms with Crippen molar-refractivity contribution in [3.63, 3.8) is 0 Å². The average molecular weight is 959 g/mol. The highest BCUT2D eigenvalue weighted by atomic mass is 32.2. The van der Waals surface area contributed by atoms with E-state index in [0.717, 1.165) is 107 Å². The first-order chi connectivity index (χ1) is 30.7. The Morgan fingerprint density at radius 3 is 2.06 bits per heavy atom. The highest BCUT2D eigenvalue weighted by Crippen LogP contribution is 2.76. The molecule has 2 saturated heterocycles. The number of hydrogen-bond donors (Lipinski definition) is 2. The Kier molecular flexibility index (Phi) is 13.3. The number of fused-ring (bicyclic) bond motifs is 7. The molecule has 3 saturated carbocycles. The van der Waals surface area contributed by atoms with Crippen LogP contribution < -0.4 is 5.32 Å². The SMILES string of the molecule is CC(C)C1=C2[C@H]3CC[C@@H]4[C@@]5(C)CC=C(C6=CCC(CF)(C(=O)O)CC6)C(C)(C)[C@@H]5CC[C@@]4(C)[C@]3(C)CC[C@@]2(NCC[N+]2(CCN3CCC(S(C)(=O)=O)CC3)CCC(S(C)(=O)=O)CC2)CC1=O. The molecule has 0 aromatic carbocycles. The van der Waals surface area contributed by atoms with Crippen LogP contribution in [0.15, 0.2) is 34.4 Å². The second-order valence-corrected chi connectivity index (χ2v) is 29.7. The van der Waals surface area contributed by atoms with Gasteiger partial charge in [-0.1, -0.05) is 60.6 Å². The normalized spacial score (nSPS) is 41.1. The lowest BCUT2D eigenvalue weighted by Crippen LogP contribution is -2.66. The maximum Gasteiger partial charge on any atom is 0.312 e. The van der Waals surface area contributed by atoms with Crippen LogP contribution in [0, 0.1) is 50.7 Å². The Hall–Kier alpha value is -1.93. The number of nitrogens with one attached hydrogen (secondary N) is 1. The summed E-state index contributed by atoms with van der Waals surface area (Å²) < 4.78 is 65.0. The van der Waals surface area contributed by atoms with Crippen LogP contribution in [0.25, 0.3) is 0 Å².